The van der Waals surface area contributed by atoms with Crippen LogP contribution in [0.3, 0.4) is 0 Å². The number of carbonyl (C=O) groups excluding carboxylic acids is 2. The second kappa shape index (κ2) is 7.66. The highest BCUT2D eigenvalue weighted by molar-refractivity contribution is 5.99. The number of rotatable bonds is 5. The van der Waals surface area contributed by atoms with Crippen LogP contribution in [0.1, 0.15) is 44.8 Å². The average Bonchev–Trinajstić information content (AvgIpc) is 3.15. The Balaban J connectivity index is 1.78. The standard InChI is InChI=1S/C20H23N3O3/c1-12-10-17(19(21)24)18(23-13(12)2)14-5-7-15(8-6-14)20(25)22-11-16-4-3-9-26-16/h5-8,10,16H,3-4,9,11H2,1-2H3,(H2,21,24)(H,22,25). The van der Waals surface area contributed by atoms with E-state index in [1.54, 1.807) is 30.3 Å². The number of pyridine rings is 1. The van der Waals surface area contributed by atoms with Gasteiger partial charge >= 0.3 is 0 Å². The van der Waals surface area contributed by atoms with Crippen LogP contribution in [-0.2, 0) is 4.74 Å². The van der Waals surface area contributed by atoms with Gasteiger partial charge in [-0.3, -0.25) is 14.6 Å². The SMILES string of the molecule is Cc1cc(C(N)=O)c(-c2ccc(C(=O)NCC3CCCO3)cc2)nc1C. The molecule has 2 aromatic rings. The van der Waals surface area contributed by atoms with Crippen LogP contribution < -0.4 is 11.1 Å². The number of aryl methyl sites for hydroxylation is 2. The monoisotopic (exact) mass is 353 g/mol. The zero-order valence-electron chi connectivity index (χ0n) is 15.0. The summed E-state index contributed by atoms with van der Waals surface area (Å²) in [6.45, 7) is 5.06. The summed E-state index contributed by atoms with van der Waals surface area (Å²) in [6.07, 6.45) is 2.13. The third-order valence-electron chi connectivity index (χ3n) is 4.67. The van der Waals surface area contributed by atoms with E-state index in [4.69, 9.17) is 10.5 Å². The fourth-order valence-electron chi connectivity index (χ4n) is 3.01. The van der Waals surface area contributed by atoms with E-state index in [9.17, 15) is 9.59 Å². The van der Waals surface area contributed by atoms with Gasteiger partial charge in [-0.25, -0.2) is 0 Å². The van der Waals surface area contributed by atoms with E-state index < -0.39 is 5.91 Å². The van der Waals surface area contributed by atoms with Gasteiger partial charge < -0.3 is 15.8 Å². The van der Waals surface area contributed by atoms with Gasteiger partial charge in [0.1, 0.15) is 0 Å². The Hall–Kier alpha value is -2.73. The van der Waals surface area contributed by atoms with Gasteiger partial charge in [-0.2, -0.15) is 0 Å². The minimum atomic E-state index is -0.519. The van der Waals surface area contributed by atoms with Crippen molar-refractivity contribution in [2.45, 2.75) is 32.8 Å². The molecule has 3 N–H and O–H groups in total. The molecule has 1 aromatic carbocycles. The predicted octanol–water partition coefficient (Wildman–Crippen LogP) is 2.37. The number of hydrogen-bond acceptors (Lipinski definition) is 4. The van der Waals surface area contributed by atoms with Gasteiger partial charge in [-0.05, 0) is 50.5 Å². The maximum absolute atomic E-state index is 12.3. The molecule has 3 rings (SSSR count). The average molecular weight is 353 g/mol. The van der Waals surface area contributed by atoms with E-state index >= 15 is 0 Å². The van der Waals surface area contributed by atoms with Gasteiger partial charge in [-0.15, -0.1) is 0 Å². The molecule has 2 amide bonds. The van der Waals surface area contributed by atoms with Gasteiger partial charge in [0, 0.05) is 30.0 Å². The van der Waals surface area contributed by atoms with E-state index in [2.05, 4.69) is 10.3 Å². The Kier molecular flexibility index (Phi) is 5.32. The number of nitrogens with two attached hydrogens (primary N) is 1. The summed E-state index contributed by atoms with van der Waals surface area (Å²) < 4.78 is 5.51. The molecule has 1 saturated heterocycles. The zero-order chi connectivity index (χ0) is 18.7. The van der Waals surface area contributed by atoms with Crippen LogP contribution in [0.15, 0.2) is 30.3 Å². The van der Waals surface area contributed by atoms with Crippen molar-refractivity contribution in [3.05, 3.63) is 52.7 Å². The lowest BCUT2D eigenvalue weighted by Gasteiger charge is -2.12. The van der Waals surface area contributed by atoms with Crippen LogP contribution in [0.5, 0.6) is 0 Å². The lowest BCUT2D eigenvalue weighted by molar-refractivity contribution is 0.0857. The summed E-state index contributed by atoms with van der Waals surface area (Å²) in [5, 5.41) is 2.89. The van der Waals surface area contributed by atoms with Crippen LogP contribution in [0.4, 0.5) is 0 Å². The molecule has 6 heteroatoms. The Morgan fingerprint density at radius 3 is 2.62 bits per heavy atom. The van der Waals surface area contributed by atoms with Crippen molar-refractivity contribution in [1.29, 1.82) is 0 Å². The quantitative estimate of drug-likeness (QED) is 0.863. The molecule has 1 fully saturated rings. The first-order chi connectivity index (χ1) is 12.5. The molecule has 1 unspecified atom stereocenters. The molecular formula is C20H23N3O3. The summed E-state index contributed by atoms with van der Waals surface area (Å²) in [5.74, 6) is -0.663. The van der Waals surface area contributed by atoms with Crippen LogP contribution in [-0.4, -0.2) is 36.1 Å². The van der Waals surface area contributed by atoms with Gasteiger partial charge in [-0.1, -0.05) is 12.1 Å². The van der Waals surface area contributed by atoms with E-state index in [1.807, 2.05) is 13.8 Å². The highest BCUT2D eigenvalue weighted by Crippen LogP contribution is 2.24. The molecule has 1 aliphatic heterocycles. The number of nitrogens with one attached hydrogen (secondary N) is 1. The van der Waals surface area contributed by atoms with Gasteiger partial charge in [0.25, 0.3) is 11.8 Å². The van der Waals surface area contributed by atoms with Crippen molar-refractivity contribution in [2.75, 3.05) is 13.2 Å². The lowest BCUT2D eigenvalue weighted by atomic mass is 10.0. The van der Waals surface area contributed by atoms with Crippen LogP contribution >= 0.6 is 0 Å². The molecule has 1 aromatic heterocycles. The smallest absolute Gasteiger partial charge is 0.251 e. The highest BCUT2D eigenvalue weighted by Gasteiger charge is 2.17. The molecule has 26 heavy (non-hydrogen) atoms. The highest BCUT2D eigenvalue weighted by atomic mass is 16.5. The van der Waals surface area contributed by atoms with Crippen molar-refractivity contribution in [2.24, 2.45) is 5.73 Å². The maximum atomic E-state index is 12.3. The van der Waals surface area contributed by atoms with Crippen LogP contribution in [0.25, 0.3) is 11.3 Å². The molecule has 1 atom stereocenters. The Morgan fingerprint density at radius 1 is 1.27 bits per heavy atom. The number of ether oxygens (including phenoxy) is 1. The van der Waals surface area contributed by atoms with Crippen molar-refractivity contribution in [1.82, 2.24) is 10.3 Å². The molecule has 6 nitrogen and oxygen atoms in total. The second-order valence-corrected chi connectivity index (χ2v) is 6.57. The van der Waals surface area contributed by atoms with Crippen molar-refractivity contribution >= 4 is 11.8 Å². The molecule has 136 valence electrons. The minimum Gasteiger partial charge on any atom is -0.376 e. The van der Waals surface area contributed by atoms with Gasteiger partial charge in [0.05, 0.1) is 17.4 Å². The largest absolute Gasteiger partial charge is 0.376 e. The summed E-state index contributed by atoms with van der Waals surface area (Å²) in [5.41, 5.74) is 9.45. The third kappa shape index (κ3) is 3.91. The Bertz CT molecular complexity index is 825. The Labute approximate surface area is 152 Å². The first kappa shape index (κ1) is 18.1. The minimum absolute atomic E-state index is 0.107. The van der Waals surface area contributed by atoms with Crippen LogP contribution in [0.2, 0.25) is 0 Å². The summed E-state index contributed by atoms with van der Waals surface area (Å²) in [7, 11) is 0. The number of benzene rings is 1. The number of aromatic nitrogens is 1. The predicted molar refractivity (Wildman–Crippen MR) is 99.0 cm³/mol. The van der Waals surface area contributed by atoms with Gasteiger partial charge in [0.15, 0.2) is 0 Å². The number of carbonyl (C=O) groups is 2. The third-order valence-corrected chi connectivity index (χ3v) is 4.67. The molecule has 0 bridgehead atoms. The Morgan fingerprint density at radius 2 is 2.00 bits per heavy atom. The molecular weight excluding hydrogens is 330 g/mol. The van der Waals surface area contributed by atoms with Gasteiger partial charge in [0.2, 0.25) is 0 Å². The number of amides is 2. The van der Waals surface area contributed by atoms with Crippen molar-refractivity contribution < 1.29 is 14.3 Å². The molecule has 0 spiro atoms. The molecule has 0 saturated carbocycles. The first-order valence-electron chi connectivity index (χ1n) is 8.74. The normalized spacial score (nSPS) is 16.5. The maximum Gasteiger partial charge on any atom is 0.251 e. The first-order valence-corrected chi connectivity index (χ1v) is 8.74. The number of primary amides is 1. The molecule has 0 radical (unpaired) electrons. The fourth-order valence-corrected chi connectivity index (χ4v) is 3.01. The van der Waals surface area contributed by atoms with E-state index in [0.717, 1.165) is 36.3 Å². The lowest BCUT2D eigenvalue weighted by Crippen LogP contribution is -2.31. The molecule has 1 aliphatic rings. The second-order valence-electron chi connectivity index (χ2n) is 6.57. The van der Waals surface area contributed by atoms with Crippen molar-refractivity contribution in [3.8, 4) is 11.3 Å². The summed E-state index contributed by atoms with van der Waals surface area (Å²) in [6, 6.07) is 8.76. The summed E-state index contributed by atoms with van der Waals surface area (Å²) >= 11 is 0. The topological polar surface area (TPSA) is 94.3 Å². The van der Waals surface area contributed by atoms with E-state index in [0.29, 0.717) is 23.4 Å². The van der Waals surface area contributed by atoms with E-state index in [1.165, 1.54) is 0 Å². The van der Waals surface area contributed by atoms with E-state index in [-0.39, 0.29) is 12.0 Å². The van der Waals surface area contributed by atoms with Crippen molar-refractivity contribution in [3.63, 3.8) is 0 Å². The number of hydrogen-bond donors (Lipinski definition) is 2. The zero-order valence-corrected chi connectivity index (χ0v) is 15.0. The molecule has 0 aliphatic carbocycles. The summed E-state index contributed by atoms with van der Waals surface area (Å²) in [4.78, 5) is 28.5. The van der Waals surface area contributed by atoms with Crippen LogP contribution in [0, 0.1) is 13.8 Å². The fraction of sp³-hybridized carbons (Fsp3) is 0.350. The number of nitrogens with zero attached hydrogens (tertiary/aromatic N) is 1. The molecule has 2 heterocycles.